The van der Waals surface area contributed by atoms with Crippen molar-refractivity contribution in [1.29, 1.82) is 0 Å². The van der Waals surface area contributed by atoms with Gasteiger partial charge in [0.25, 0.3) is 0 Å². The molecule has 0 aromatic carbocycles. The van der Waals surface area contributed by atoms with Crippen molar-refractivity contribution >= 4 is 5.84 Å². The minimum atomic E-state index is -4.49. The quantitative estimate of drug-likeness (QED) is 0.366. The van der Waals surface area contributed by atoms with Crippen LogP contribution >= 0.6 is 0 Å². The number of nitrogens with two attached hydrogens (primary N) is 1. The Balaban J connectivity index is 2.08. The van der Waals surface area contributed by atoms with Crippen molar-refractivity contribution < 1.29 is 18.4 Å². The van der Waals surface area contributed by atoms with Crippen molar-refractivity contribution in [3.05, 3.63) is 11.6 Å². The van der Waals surface area contributed by atoms with E-state index < -0.39 is 12.0 Å². The van der Waals surface area contributed by atoms with Gasteiger partial charge in [0.15, 0.2) is 0 Å². The van der Waals surface area contributed by atoms with Crippen LogP contribution in [0.15, 0.2) is 5.16 Å². The van der Waals surface area contributed by atoms with Crippen molar-refractivity contribution in [2.45, 2.75) is 26.2 Å². The first-order valence-electron chi connectivity index (χ1n) is 6.02. The summed E-state index contributed by atoms with van der Waals surface area (Å²) in [6.45, 7) is 3.10. The Hall–Kier alpha value is -1.84. The molecule has 10 heteroatoms. The molecule has 0 amide bonds. The van der Waals surface area contributed by atoms with E-state index in [4.69, 9.17) is 10.9 Å². The van der Waals surface area contributed by atoms with Gasteiger partial charge >= 0.3 is 6.18 Å². The lowest BCUT2D eigenvalue weighted by Crippen LogP contribution is -2.40. The monoisotopic (exact) mass is 292 g/mol. The smallest absolute Gasteiger partial charge is 0.409 e. The van der Waals surface area contributed by atoms with Crippen LogP contribution in [0.25, 0.3) is 0 Å². The van der Waals surface area contributed by atoms with Gasteiger partial charge in [-0.15, -0.1) is 10.2 Å². The van der Waals surface area contributed by atoms with Crippen molar-refractivity contribution in [2.75, 3.05) is 13.1 Å². The van der Waals surface area contributed by atoms with E-state index in [1.807, 2.05) is 4.90 Å². The summed E-state index contributed by atoms with van der Waals surface area (Å²) >= 11 is 0. The molecular weight excluding hydrogens is 277 g/mol. The van der Waals surface area contributed by atoms with Gasteiger partial charge in [0.2, 0.25) is 5.82 Å². The molecular formula is C10H15F3N6O. The lowest BCUT2D eigenvalue weighted by atomic mass is 10.1. The molecule has 2 rings (SSSR count). The third kappa shape index (κ3) is 2.84. The second kappa shape index (κ2) is 5.27. The summed E-state index contributed by atoms with van der Waals surface area (Å²) in [5.74, 6) is -0.795. The zero-order chi connectivity index (χ0) is 14.9. The Morgan fingerprint density at radius 3 is 2.75 bits per heavy atom. The van der Waals surface area contributed by atoms with E-state index in [1.165, 1.54) is 0 Å². The van der Waals surface area contributed by atoms with Gasteiger partial charge in [-0.25, -0.2) is 0 Å². The van der Waals surface area contributed by atoms with E-state index in [2.05, 4.69) is 15.4 Å². The van der Waals surface area contributed by atoms with Gasteiger partial charge in [-0.3, -0.25) is 4.90 Å². The first-order chi connectivity index (χ1) is 9.32. The summed E-state index contributed by atoms with van der Waals surface area (Å²) < 4.78 is 39.1. The molecule has 0 spiro atoms. The predicted molar refractivity (Wildman–Crippen MR) is 62.9 cm³/mol. The van der Waals surface area contributed by atoms with Gasteiger partial charge in [0, 0.05) is 25.6 Å². The van der Waals surface area contributed by atoms with Crippen LogP contribution in [0.5, 0.6) is 0 Å². The number of hydrogen-bond acceptors (Lipinski definition) is 5. The fourth-order valence-corrected chi connectivity index (χ4v) is 2.15. The maximum Gasteiger partial charge on any atom is 0.451 e. The summed E-state index contributed by atoms with van der Waals surface area (Å²) in [6.07, 6.45) is -4.49. The standard InChI is InChI=1S/C10H15F3N6O/c1-6(8(14)17-20)4-18-2-3-19-7(5-18)15-16-9(19)10(11,12)13/h6,20H,2-5H2,1H3,(H2,14,17). The molecule has 0 bridgehead atoms. The summed E-state index contributed by atoms with van der Waals surface area (Å²) in [6, 6.07) is 0. The maximum absolute atomic E-state index is 12.7. The Morgan fingerprint density at radius 1 is 1.45 bits per heavy atom. The van der Waals surface area contributed by atoms with Gasteiger partial charge in [0.1, 0.15) is 11.7 Å². The van der Waals surface area contributed by atoms with Crippen LogP contribution in [0.2, 0.25) is 0 Å². The van der Waals surface area contributed by atoms with Crippen LogP contribution in [-0.2, 0) is 19.3 Å². The van der Waals surface area contributed by atoms with Gasteiger partial charge in [0.05, 0.1) is 6.54 Å². The molecule has 7 nitrogen and oxygen atoms in total. The SMILES string of the molecule is CC(CN1CCn2c(nnc2C(F)(F)F)C1)C(N)=NO. The van der Waals surface area contributed by atoms with Crippen LogP contribution in [0.4, 0.5) is 13.2 Å². The second-order valence-corrected chi connectivity index (χ2v) is 4.75. The van der Waals surface area contributed by atoms with Gasteiger partial charge in [-0.2, -0.15) is 13.2 Å². The van der Waals surface area contributed by atoms with E-state index >= 15 is 0 Å². The zero-order valence-electron chi connectivity index (χ0n) is 10.8. The number of hydrogen-bond donors (Lipinski definition) is 2. The molecule has 112 valence electrons. The van der Waals surface area contributed by atoms with E-state index in [0.717, 1.165) is 4.57 Å². The average Bonchev–Trinajstić information content (AvgIpc) is 2.80. The Labute approximate surface area is 112 Å². The van der Waals surface area contributed by atoms with E-state index in [-0.39, 0.29) is 30.7 Å². The molecule has 1 aliphatic heterocycles. The highest BCUT2D eigenvalue weighted by Crippen LogP contribution is 2.29. The Morgan fingerprint density at radius 2 is 2.15 bits per heavy atom. The molecule has 0 saturated heterocycles. The molecule has 1 aromatic rings. The molecule has 1 aliphatic rings. The molecule has 2 heterocycles. The summed E-state index contributed by atoms with van der Waals surface area (Å²) in [4.78, 5) is 1.90. The summed E-state index contributed by atoms with van der Waals surface area (Å²) in [5.41, 5.74) is 5.48. The van der Waals surface area contributed by atoms with Crippen molar-refractivity contribution in [2.24, 2.45) is 16.8 Å². The van der Waals surface area contributed by atoms with Gasteiger partial charge in [-0.1, -0.05) is 12.1 Å². The number of fused-ring (bicyclic) bond motifs is 1. The fourth-order valence-electron chi connectivity index (χ4n) is 2.15. The number of halogens is 3. The maximum atomic E-state index is 12.7. The minimum Gasteiger partial charge on any atom is -0.409 e. The van der Waals surface area contributed by atoms with Crippen LogP contribution in [0.1, 0.15) is 18.6 Å². The molecule has 3 N–H and O–H groups in total. The first-order valence-corrected chi connectivity index (χ1v) is 6.02. The van der Waals surface area contributed by atoms with Gasteiger partial charge < -0.3 is 15.5 Å². The van der Waals surface area contributed by atoms with Crippen LogP contribution in [0.3, 0.4) is 0 Å². The van der Waals surface area contributed by atoms with E-state index in [1.54, 1.807) is 6.92 Å². The Kier molecular flexibility index (Phi) is 3.84. The van der Waals surface area contributed by atoms with Crippen molar-refractivity contribution in [3.63, 3.8) is 0 Å². The number of aromatic nitrogens is 3. The number of rotatable bonds is 3. The third-order valence-corrected chi connectivity index (χ3v) is 3.24. The third-order valence-electron chi connectivity index (χ3n) is 3.24. The first kappa shape index (κ1) is 14.6. The summed E-state index contributed by atoms with van der Waals surface area (Å²) in [5, 5.41) is 18.3. The molecule has 1 atom stereocenters. The average molecular weight is 292 g/mol. The largest absolute Gasteiger partial charge is 0.451 e. The van der Waals surface area contributed by atoms with Crippen LogP contribution in [0, 0.1) is 5.92 Å². The molecule has 1 aromatic heterocycles. The fraction of sp³-hybridized carbons (Fsp3) is 0.700. The zero-order valence-corrected chi connectivity index (χ0v) is 10.8. The molecule has 0 saturated carbocycles. The highest BCUT2D eigenvalue weighted by molar-refractivity contribution is 5.82. The lowest BCUT2D eigenvalue weighted by Gasteiger charge is -2.29. The number of oxime groups is 1. The minimum absolute atomic E-state index is 0.0908. The second-order valence-electron chi connectivity index (χ2n) is 4.75. The topological polar surface area (TPSA) is 92.6 Å². The van der Waals surface area contributed by atoms with E-state index in [0.29, 0.717) is 13.1 Å². The number of amidine groups is 1. The predicted octanol–water partition coefficient (Wildman–Crippen LogP) is 0.495. The molecule has 1 unspecified atom stereocenters. The van der Waals surface area contributed by atoms with Crippen LogP contribution in [-0.4, -0.2) is 43.8 Å². The van der Waals surface area contributed by atoms with Gasteiger partial charge in [-0.05, 0) is 0 Å². The highest BCUT2D eigenvalue weighted by Gasteiger charge is 2.39. The number of alkyl halides is 3. The molecule has 20 heavy (non-hydrogen) atoms. The lowest BCUT2D eigenvalue weighted by molar-refractivity contribution is -0.148. The summed E-state index contributed by atoms with van der Waals surface area (Å²) in [7, 11) is 0. The molecule has 0 fully saturated rings. The van der Waals surface area contributed by atoms with Crippen molar-refractivity contribution in [3.8, 4) is 0 Å². The Bertz CT molecular complexity index is 512. The molecule has 0 radical (unpaired) electrons. The van der Waals surface area contributed by atoms with Crippen molar-refractivity contribution in [1.82, 2.24) is 19.7 Å². The highest BCUT2D eigenvalue weighted by atomic mass is 19.4. The van der Waals surface area contributed by atoms with Crippen LogP contribution < -0.4 is 5.73 Å². The molecule has 0 aliphatic carbocycles. The van der Waals surface area contributed by atoms with E-state index in [9.17, 15) is 13.2 Å². The number of nitrogens with zero attached hydrogens (tertiary/aromatic N) is 5. The normalized spacial score (nSPS) is 18.9.